The zero-order chi connectivity index (χ0) is 12.0. The summed E-state index contributed by atoms with van der Waals surface area (Å²) in [6.45, 7) is 1.43. The minimum absolute atomic E-state index is 0.102. The molecule has 1 heterocycles. The summed E-state index contributed by atoms with van der Waals surface area (Å²) < 4.78 is 4.73. The van der Waals surface area contributed by atoms with Gasteiger partial charge in [0, 0.05) is 13.1 Å². The number of hydrogen-bond acceptors (Lipinski definition) is 5. The average Bonchev–Trinajstić information content (AvgIpc) is 2.35. The van der Waals surface area contributed by atoms with E-state index in [1.807, 2.05) is 11.2 Å². The molecule has 1 atom stereocenters. The number of hydrogen-bond donors (Lipinski definition) is 0. The fraction of sp³-hybridized carbons (Fsp3) is 0.700. The van der Waals surface area contributed by atoms with E-state index in [4.69, 9.17) is 10.00 Å². The second-order valence-corrected chi connectivity index (χ2v) is 4.28. The molecule has 1 aliphatic rings. The molecule has 0 bridgehead atoms. The summed E-state index contributed by atoms with van der Waals surface area (Å²) >= 11 is 1.42. The fourth-order valence-electron chi connectivity index (χ4n) is 1.80. The molecule has 16 heavy (non-hydrogen) atoms. The maximum absolute atomic E-state index is 11.4. The minimum atomic E-state index is -0.179. The molecule has 1 saturated heterocycles. The number of carbonyl (C=O) groups is 1. The van der Waals surface area contributed by atoms with Crippen LogP contribution in [0.3, 0.4) is 0 Å². The van der Waals surface area contributed by atoms with Gasteiger partial charge in [0.15, 0.2) is 5.17 Å². The van der Waals surface area contributed by atoms with Crippen LogP contribution in [0.25, 0.3) is 0 Å². The lowest BCUT2D eigenvalue weighted by molar-refractivity contribution is -0.146. The molecule has 5 nitrogen and oxygen atoms in total. The van der Waals surface area contributed by atoms with Crippen molar-refractivity contribution in [2.45, 2.75) is 12.8 Å². The zero-order valence-corrected chi connectivity index (χ0v) is 10.3. The van der Waals surface area contributed by atoms with Gasteiger partial charge < -0.3 is 9.64 Å². The quantitative estimate of drug-likeness (QED) is 0.297. The van der Waals surface area contributed by atoms with Crippen molar-refractivity contribution >= 4 is 22.9 Å². The van der Waals surface area contributed by atoms with Crippen molar-refractivity contribution in [2.24, 2.45) is 10.9 Å². The molecule has 1 unspecified atom stereocenters. The molecule has 1 fully saturated rings. The first-order chi connectivity index (χ1) is 7.72. The van der Waals surface area contributed by atoms with Crippen LogP contribution in [-0.4, -0.2) is 42.5 Å². The maximum Gasteiger partial charge on any atom is 0.310 e. The summed E-state index contributed by atoms with van der Waals surface area (Å²) in [5.74, 6) is -0.281. The first-order valence-corrected chi connectivity index (χ1v) is 6.29. The molecule has 0 aromatic heterocycles. The van der Waals surface area contributed by atoms with Crippen molar-refractivity contribution < 1.29 is 9.53 Å². The highest BCUT2D eigenvalue weighted by molar-refractivity contribution is 8.13. The summed E-state index contributed by atoms with van der Waals surface area (Å²) in [7, 11) is 1.40. The molecular formula is C10H15N3O2S. The summed E-state index contributed by atoms with van der Waals surface area (Å²) in [5.41, 5.74) is 0. The Morgan fingerprint density at radius 3 is 3.00 bits per heavy atom. The van der Waals surface area contributed by atoms with Crippen LogP contribution in [0.15, 0.2) is 4.99 Å². The van der Waals surface area contributed by atoms with Gasteiger partial charge in [-0.3, -0.25) is 4.79 Å². The highest BCUT2D eigenvalue weighted by Gasteiger charge is 2.27. The van der Waals surface area contributed by atoms with Crippen LogP contribution in [0.5, 0.6) is 0 Å². The number of methoxy groups -OCH3 is 1. The number of rotatable bonds is 1. The smallest absolute Gasteiger partial charge is 0.310 e. The summed E-state index contributed by atoms with van der Waals surface area (Å²) in [6.07, 6.45) is 5.42. The largest absolute Gasteiger partial charge is 0.469 e. The van der Waals surface area contributed by atoms with Crippen molar-refractivity contribution in [3.63, 3.8) is 0 Å². The predicted octanol–water partition coefficient (Wildman–Crippen LogP) is 1.07. The van der Waals surface area contributed by atoms with Gasteiger partial charge in [-0.05, 0) is 19.1 Å². The van der Waals surface area contributed by atoms with Crippen LogP contribution in [0.4, 0.5) is 0 Å². The molecular weight excluding hydrogens is 226 g/mol. The second-order valence-electron chi connectivity index (χ2n) is 3.51. The van der Waals surface area contributed by atoms with Crippen LogP contribution in [0.2, 0.25) is 0 Å². The third-order valence-electron chi connectivity index (χ3n) is 2.55. The number of nitriles is 1. The Hall–Kier alpha value is -1.22. The molecule has 1 rings (SSSR count). The molecule has 0 N–H and O–H groups in total. The van der Waals surface area contributed by atoms with Gasteiger partial charge in [0.1, 0.15) is 0 Å². The van der Waals surface area contributed by atoms with E-state index in [1.54, 1.807) is 6.19 Å². The number of thioether (sulfide) groups is 1. The number of carbonyl (C=O) groups excluding carboxylic acids is 1. The molecule has 6 heteroatoms. The summed E-state index contributed by atoms with van der Waals surface area (Å²) in [4.78, 5) is 17.1. The first kappa shape index (κ1) is 12.8. The van der Waals surface area contributed by atoms with E-state index in [1.165, 1.54) is 18.9 Å². The van der Waals surface area contributed by atoms with Crippen LogP contribution in [0.1, 0.15) is 12.8 Å². The van der Waals surface area contributed by atoms with Crippen LogP contribution >= 0.6 is 11.8 Å². The van der Waals surface area contributed by atoms with E-state index in [2.05, 4.69) is 4.99 Å². The van der Waals surface area contributed by atoms with Crippen molar-refractivity contribution in [1.82, 2.24) is 4.90 Å². The van der Waals surface area contributed by atoms with Gasteiger partial charge >= 0.3 is 5.97 Å². The lowest BCUT2D eigenvalue weighted by Gasteiger charge is -2.32. The lowest BCUT2D eigenvalue weighted by Crippen LogP contribution is -2.41. The van der Waals surface area contributed by atoms with Crippen LogP contribution in [0, 0.1) is 17.4 Å². The number of nitrogens with zero attached hydrogens (tertiary/aromatic N) is 3. The Labute approximate surface area is 99.5 Å². The van der Waals surface area contributed by atoms with Gasteiger partial charge in [-0.2, -0.15) is 5.26 Å². The van der Waals surface area contributed by atoms with Gasteiger partial charge in [-0.15, -0.1) is 4.99 Å². The fourth-order valence-corrected chi connectivity index (χ4v) is 2.35. The van der Waals surface area contributed by atoms with Crippen molar-refractivity contribution in [2.75, 3.05) is 26.5 Å². The SMILES string of the molecule is COC(=O)C1CCCN(C(=NC#N)SC)C1. The minimum Gasteiger partial charge on any atom is -0.469 e. The molecule has 0 radical (unpaired) electrons. The Kier molecular flexibility index (Phi) is 5.12. The van der Waals surface area contributed by atoms with E-state index in [9.17, 15) is 4.79 Å². The predicted molar refractivity (Wildman–Crippen MR) is 62.9 cm³/mol. The molecule has 0 aromatic carbocycles. The van der Waals surface area contributed by atoms with Gasteiger partial charge in [-0.1, -0.05) is 11.8 Å². The number of ether oxygens (including phenoxy) is 1. The molecule has 0 aromatic rings. The molecule has 0 spiro atoms. The van der Waals surface area contributed by atoms with Gasteiger partial charge in [0.2, 0.25) is 6.19 Å². The molecule has 1 aliphatic heterocycles. The number of likely N-dealkylation sites (tertiary alicyclic amines) is 1. The second kappa shape index (κ2) is 6.38. The molecule has 0 aliphatic carbocycles. The van der Waals surface area contributed by atoms with E-state index in [0.717, 1.165) is 19.4 Å². The number of amidine groups is 1. The van der Waals surface area contributed by atoms with E-state index < -0.39 is 0 Å². The zero-order valence-electron chi connectivity index (χ0n) is 9.47. The van der Waals surface area contributed by atoms with Crippen molar-refractivity contribution in [3.8, 4) is 6.19 Å². The third kappa shape index (κ3) is 3.14. The Bertz CT molecular complexity index is 325. The van der Waals surface area contributed by atoms with Crippen molar-refractivity contribution in [1.29, 1.82) is 5.26 Å². The Morgan fingerprint density at radius 2 is 2.44 bits per heavy atom. The molecule has 0 amide bonds. The first-order valence-electron chi connectivity index (χ1n) is 5.06. The van der Waals surface area contributed by atoms with Crippen LogP contribution < -0.4 is 0 Å². The van der Waals surface area contributed by atoms with E-state index in [0.29, 0.717) is 11.7 Å². The summed E-state index contributed by atoms with van der Waals surface area (Å²) in [6, 6.07) is 0. The maximum atomic E-state index is 11.4. The van der Waals surface area contributed by atoms with Gasteiger partial charge in [0.05, 0.1) is 13.0 Å². The number of esters is 1. The third-order valence-corrected chi connectivity index (χ3v) is 3.27. The Morgan fingerprint density at radius 1 is 1.69 bits per heavy atom. The van der Waals surface area contributed by atoms with Gasteiger partial charge in [0.25, 0.3) is 0 Å². The van der Waals surface area contributed by atoms with E-state index in [-0.39, 0.29) is 11.9 Å². The van der Waals surface area contributed by atoms with E-state index >= 15 is 0 Å². The molecule has 88 valence electrons. The Balaban J connectivity index is 2.66. The highest BCUT2D eigenvalue weighted by Crippen LogP contribution is 2.20. The topological polar surface area (TPSA) is 65.7 Å². The number of aliphatic imine (C=N–C) groups is 1. The van der Waals surface area contributed by atoms with Gasteiger partial charge in [-0.25, -0.2) is 0 Å². The average molecular weight is 241 g/mol. The number of piperidine rings is 1. The lowest BCUT2D eigenvalue weighted by atomic mass is 9.99. The molecule has 0 saturated carbocycles. The monoisotopic (exact) mass is 241 g/mol. The standard InChI is InChI=1S/C10H15N3O2S/c1-15-9(14)8-4-3-5-13(6-8)10(16-2)12-7-11/h8H,3-6H2,1-2H3. The van der Waals surface area contributed by atoms with Crippen LogP contribution in [-0.2, 0) is 9.53 Å². The highest BCUT2D eigenvalue weighted by atomic mass is 32.2. The summed E-state index contributed by atoms with van der Waals surface area (Å²) in [5, 5.41) is 9.23. The van der Waals surface area contributed by atoms with Crippen molar-refractivity contribution in [3.05, 3.63) is 0 Å². The normalized spacial score (nSPS) is 21.4.